The largest absolute Gasteiger partial charge is 0.369 e. The van der Waals surface area contributed by atoms with E-state index in [9.17, 15) is 0 Å². The average molecular weight is 274 g/mol. The Balaban J connectivity index is 0.00000133. The van der Waals surface area contributed by atoms with Gasteiger partial charge in [0.25, 0.3) is 0 Å². The van der Waals surface area contributed by atoms with Gasteiger partial charge in [-0.15, -0.1) is 12.4 Å². The lowest BCUT2D eigenvalue weighted by atomic mass is 10.1. The van der Waals surface area contributed by atoms with Crippen molar-refractivity contribution in [3.8, 4) is 0 Å². The molecule has 0 fully saturated rings. The Morgan fingerprint density at radius 2 is 1.74 bits per heavy atom. The van der Waals surface area contributed by atoms with Crippen LogP contribution in [0, 0.1) is 6.92 Å². The van der Waals surface area contributed by atoms with Gasteiger partial charge < -0.3 is 10.3 Å². The third kappa shape index (κ3) is 2.56. The van der Waals surface area contributed by atoms with Gasteiger partial charge in [0.2, 0.25) is 5.95 Å². The van der Waals surface area contributed by atoms with Gasteiger partial charge >= 0.3 is 0 Å². The maximum atomic E-state index is 5.98. The predicted molar refractivity (Wildman–Crippen MR) is 81.7 cm³/mol. The second kappa shape index (κ2) is 5.33. The highest BCUT2D eigenvalue weighted by Gasteiger charge is 2.07. The Morgan fingerprint density at radius 3 is 2.47 bits per heavy atom. The van der Waals surface area contributed by atoms with Crippen LogP contribution < -0.4 is 5.73 Å². The monoisotopic (exact) mass is 273 g/mol. The van der Waals surface area contributed by atoms with Crippen LogP contribution in [0.2, 0.25) is 0 Å². The first-order chi connectivity index (χ1) is 8.74. The molecule has 0 saturated heterocycles. The number of imidazole rings is 1. The quantitative estimate of drug-likeness (QED) is 0.778. The number of hydrogen-bond donors (Lipinski definition) is 1. The minimum absolute atomic E-state index is 0. The molecule has 0 radical (unpaired) electrons. The molecular weight excluding hydrogens is 258 g/mol. The van der Waals surface area contributed by atoms with Gasteiger partial charge in [0.15, 0.2) is 0 Å². The second-order valence-electron chi connectivity index (χ2n) is 4.53. The molecule has 0 amide bonds. The molecule has 0 aliphatic heterocycles. The van der Waals surface area contributed by atoms with Crippen LogP contribution in [-0.2, 0) is 6.54 Å². The van der Waals surface area contributed by atoms with E-state index >= 15 is 0 Å². The van der Waals surface area contributed by atoms with Gasteiger partial charge in [-0.3, -0.25) is 0 Å². The molecule has 0 atom stereocenters. The molecule has 1 aromatic heterocycles. The highest BCUT2D eigenvalue weighted by Crippen LogP contribution is 2.19. The van der Waals surface area contributed by atoms with E-state index in [4.69, 9.17) is 5.73 Å². The Morgan fingerprint density at radius 1 is 1.05 bits per heavy atom. The summed E-state index contributed by atoms with van der Waals surface area (Å²) in [4.78, 5) is 4.37. The molecule has 3 aromatic rings. The molecule has 3 nitrogen and oxygen atoms in total. The van der Waals surface area contributed by atoms with Gasteiger partial charge in [-0.25, -0.2) is 4.98 Å². The van der Waals surface area contributed by atoms with Crippen molar-refractivity contribution in [2.75, 3.05) is 5.73 Å². The molecule has 0 aliphatic rings. The van der Waals surface area contributed by atoms with Crippen molar-refractivity contribution in [2.24, 2.45) is 0 Å². The highest BCUT2D eigenvalue weighted by atomic mass is 35.5. The van der Waals surface area contributed by atoms with Gasteiger partial charge in [-0.05, 0) is 24.6 Å². The topological polar surface area (TPSA) is 43.8 Å². The Kier molecular flexibility index (Phi) is 3.76. The number of nitrogens with two attached hydrogens (primary N) is 1. The molecule has 0 saturated carbocycles. The molecule has 2 N–H and O–H groups in total. The molecule has 4 heteroatoms. The summed E-state index contributed by atoms with van der Waals surface area (Å²) in [5.74, 6) is 0.566. The van der Waals surface area contributed by atoms with Crippen molar-refractivity contribution in [3.05, 3.63) is 59.7 Å². The number of rotatable bonds is 2. The van der Waals surface area contributed by atoms with Crippen LogP contribution in [0.25, 0.3) is 11.0 Å². The van der Waals surface area contributed by atoms with Crippen LogP contribution in [0.15, 0.2) is 48.5 Å². The summed E-state index contributed by atoms with van der Waals surface area (Å²) in [6, 6.07) is 16.5. The van der Waals surface area contributed by atoms with Crippen LogP contribution in [0.5, 0.6) is 0 Å². The molecule has 1 heterocycles. The summed E-state index contributed by atoms with van der Waals surface area (Å²) in [6.45, 7) is 2.84. The highest BCUT2D eigenvalue weighted by molar-refractivity contribution is 5.85. The van der Waals surface area contributed by atoms with E-state index in [0.29, 0.717) is 5.95 Å². The van der Waals surface area contributed by atoms with E-state index in [0.717, 1.165) is 17.6 Å². The van der Waals surface area contributed by atoms with Crippen LogP contribution in [0.3, 0.4) is 0 Å². The Hall–Kier alpha value is -2.00. The number of benzene rings is 2. The number of aryl methyl sites for hydroxylation is 1. The van der Waals surface area contributed by atoms with Crippen LogP contribution >= 0.6 is 12.4 Å². The Labute approximate surface area is 118 Å². The van der Waals surface area contributed by atoms with Crippen molar-refractivity contribution in [1.29, 1.82) is 0 Å². The van der Waals surface area contributed by atoms with Crippen LogP contribution in [-0.4, -0.2) is 9.55 Å². The fourth-order valence-electron chi connectivity index (χ4n) is 2.14. The number of halogens is 1. The number of anilines is 1. The number of fused-ring (bicyclic) bond motifs is 1. The second-order valence-corrected chi connectivity index (χ2v) is 4.53. The molecular formula is C15H16ClN3. The number of nitrogen functional groups attached to an aromatic ring is 1. The van der Waals surface area contributed by atoms with Gasteiger partial charge in [-0.1, -0.05) is 42.0 Å². The minimum Gasteiger partial charge on any atom is -0.369 e. The molecule has 0 unspecified atom stereocenters. The van der Waals surface area contributed by atoms with Crippen molar-refractivity contribution in [2.45, 2.75) is 13.5 Å². The summed E-state index contributed by atoms with van der Waals surface area (Å²) in [5.41, 5.74) is 10.5. The van der Waals surface area contributed by atoms with Gasteiger partial charge in [0.05, 0.1) is 17.6 Å². The molecule has 3 rings (SSSR count). The zero-order valence-corrected chi connectivity index (χ0v) is 11.5. The molecule has 0 aliphatic carbocycles. The van der Waals surface area contributed by atoms with E-state index in [1.807, 2.05) is 28.8 Å². The molecule has 98 valence electrons. The van der Waals surface area contributed by atoms with E-state index in [-0.39, 0.29) is 12.4 Å². The summed E-state index contributed by atoms with van der Waals surface area (Å²) >= 11 is 0. The van der Waals surface area contributed by atoms with Crippen molar-refractivity contribution in [1.82, 2.24) is 9.55 Å². The number of nitrogens with zero attached hydrogens (tertiary/aromatic N) is 2. The normalized spacial score (nSPS) is 10.4. The zero-order valence-electron chi connectivity index (χ0n) is 10.7. The minimum atomic E-state index is 0. The fraction of sp³-hybridized carbons (Fsp3) is 0.133. The van der Waals surface area contributed by atoms with E-state index < -0.39 is 0 Å². The number of para-hydroxylation sites is 2. The van der Waals surface area contributed by atoms with Crippen molar-refractivity contribution >= 4 is 29.4 Å². The zero-order chi connectivity index (χ0) is 12.5. The summed E-state index contributed by atoms with van der Waals surface area (Å²) < 4.78 is 2.04. The molecule has 0 bridgehead atoms. The SMILES string of the molecule is Cc1ccc(Cn2c(N)nc3ccccc32)cc1.Cl. The smallest absolute Gasteiger partial charge is 0.201 e. The summed E-state index contributed by atoms with van der Waals surface area (Å²) in [6.07, 6.45) is 0. The maximum Gasteiger partial charge on any atom is 0.201 e. The van der Waals surface area contributed by atoms with E-state index in [1.54, 1.807) is 0 Å². The third-order valence-electron chi connectivity index (χ3n) is 3.15. The maximum absolute atomic E-state index is 5.98. The lowest BCUT2D eigenvalue weighted by Crippen LogP contribution is -2.04. The van der Waals surface area contributed by atoms with Gasteiger partial charge in [-0.2, -0.15) is 0 Å². The summed E-state index contributed by atoms with van der Waals surface area (Å²) in [7, 11) is 0. The Bertz CT molecular complexity index is 686. The predicted octanol–water partition coefficient (Wildman–Crippen LogP) is 3.40. The first kappa shape index (κ1) is 13.4. The van der Waals surface area contributed by atoms with E-state index in [1.165, 1.54) is 11.1 Å². The first-order valence-electron chi connectivity index (χ1n) is 6.00. The fourth-order valence-corrected chi connectivity index (χ4v) is 2.14. The lowest BCUT2D eigenvalue weighted by Gasteiger charge is -2.06. The molecule has 19 heavy (non-hydrogen) atoms. The van der Waals surface area contributed by atoms with Crippen LogP contribution in [0.1, 0.15) is 11.1 Å². The van der Waals surface area contributed by atoms with Crippen molar-refractivity contribution in [3.63, 3.8) is 0 Å². The lowest BCUT2D eigenvalue weighted by molar-refractivity contribution is 0.838. The third-order valence-corrected chi connectivity index (χ3v) is 3.15. The van der Waals surface area contributed by atoms with E-state index in [2.05, 4.69) is 36.2 Å². The molecule has 2 aromatic carbocycles. The van der Waals surface area contributed by atoms with Crippen LogP contribution in [0.4, 0.5) is 5.95 Å². The van der Waals surface area contributed by atoms with Gasteiger partial charge in [0, 0.05) is 0 Å². The van der Waals surface area contributed by atoms with Crippen molar-refractivity contribution < 1.29 is 0 Å². The number of aromatic nitrogens is 2. The summed E-state index contributed by atoms with van der Waals surface area (Å²) in [5, 5.41) is 0. The number of hydrogen-bond acceptors (Lipinski definition) is 2. The first-order valence-corrected chi connectivity index (χ1v) is 6.00. The molecule has 0 spiro atoms. The standard InChI is InChI=1S/C15H15N3.ClH/c1-11-6-8-12(9-7-11)10-18-14-5-3-2-4-13(14)17-15(18)16;/h2-9H,10H2,1H3,(H2,16,17);1H. The van der Waals surface area contributed by atoms with Gasteiger partial charge in [0.1, 0.15) is 0 Å². The average Bonchev–Trinajstić information content (AvgIpc) is 2.69.